The van der Waals surface area contributed by atoms with Crippen LogP contribution < -0.4 is 39.1 Å². The number of carbonyl (C=O) groups is 3. The van der Waals surface area contributed by atoms with Crippen molar-refractivity contribution in [2.45, 2.75) is 144 Å². The van der Waals surface area contributed by atoms with Crippen LogP contribution in [0.1, 0.15) is 120 Å². The summed E-state index contributed by atoms with van der Waals surface area (Å²) in [6, 6.07) is 15.8. The van der Waals surface area contributed by atoms with Gasteiger partial charge in [-0.1, -0.05) is 65.0 Å². The normalized spacial score (nSPS) is 13.3. The van der Waals surface area contributed by atoms with Gasteiger partial charge in [0.1, 0.15) is 36.7 Å². The van der Waals surface area contributed by atoms with Crippen LogP contribution in [0.25, 0.3) is 0 Å². The van der Waals surface area contributed by atoms with Gasteiger partial charge in [-0.05, 0) is 117 Å². The summed E-state index contributed by atoms with van der Waals surface area (Å²) in [7, 11) is -3.28. The zero-order chi connectivity index (χ0) is 49.4. The number of alkyl halides is 1. The van der Waals surface area contributed by atoms with Gasteiger partial charge in [-0.2, -0.15) is 8.42 Å². The Kier molecular flexibility index (Phi) is 32.7. The highest BCUT2D eigenvalue weighted by molar-refractivity contribution is 7.86. The van der Waals surface area contributed by atoms with Crippen LogP contribution in [0.4, 0.5) is 0 Å². The zero-order valence-electron chi connectivity index (χ0n) is 42.4. The highest BCUT2D eigenvalue weighted by Gasteiger charge is 2.29. The van der Waals surface area contributed by atoms with E-state index in [0.717, 1.165) is 30.2 Å². The third-order valence-electron chi connectivity index (χ3n) is 8.82. The van der Waals surface area contributed by atoms with Crippen LogP contribution in [0.15, 0.2) is 61.2 Å². The Morgan fingerprint density at radius 3 is 1.55 bits per heavy atom. The summed E-state index contributed by atoms with van der Waals surface area (Å²) >= 11 is 5.59. The van der Waals surface area contributed by atoms with Crippen molar-refractivity contribution in [2.75, 3.05) is 58.2 Å². The number of benzene rings is 2. The predicted octanol–water partition coefficient (Wildman–Crippen LogP) is 4.42. The lowest BCUT2D eigenvalue weighted by atomic mass is 9.78. The first-order valence-corrected chi connectivity index (χ1v) is 24.2. The Morgan fingerprint density at radius 1 is 0.803 bits per heavy atom. The largest absolute Gasteiger partial charge is 1.00 e. The van der Waals surface area contributed by atoms with Crippen molar-refractivity contribution in [1.82, 2.24) is 16.4 Å². The third-order valence-corrected chi connectivity index (χ3v) is 9.84. The van der Waals surface area contributed by atoms with Crippen molar-refractivity contribution in [3.8, 4) is 11.5 Å². The molecule has 2 unspecified atom stereocenters. The van der Waals surface area contributed by atoms with Crippen LogP contribution in [-0.2, 0) is 48.3 Å². The number of nitrogens with one attached hydrogen (secondary N) is 1. The van der Waals surface area contributed by atoms with Crippen molar-refractivity contribution in [3.05, 3.63) is 72.3 Å². The first-order valence-electron chi connectivity index (χ1n) is 21.9. The molecule has 3 rings (SSSR count). The molecule has 1 heterocycles. The molecule has 1 amide bonds. The molecule has 0 radical (unpaired) electrons. The lowest BCUT2D eigenvalue weighted by molar-refractivity contribution is -0.360. The van der Waals surface area contributed by atoms with Gasteiger partial charge in [0.15, 0.2) is 12.6 Å². The Balaban J connectivity index is -0.00000118. The third kappa shape index (κ3) is 33.1. The number of quaternary nitrogens is 1. The molecule has 18 heteroatoms. The summed E-state index contributed by atoms with van der Waals surface area (Å²) in [4.78, 5) is 36.2. The number of esters is 2. The molecule has 0 bridgehead atoms. The van der Waals surface area contributed by atoms with Gasteiger partial charge >= 0.3 is 11.9 Å². The van der Waals surface area contributed by atoms with Crippen molar-refractivity contribution >= 4 is 39.6 Å². The molecule has 2 atom stereocenters. The lowest BCUT2D eigenvalue weighted by Gasteiger charge is -2.27. The Bertz CT molecular complexity index is 1770. The number of nitrogens with zero attached hydrogens (tertiary/aromatic N) is 1. The Hall–Kier alpha value is -3.48. The summed E-state index contributed by atoms with van der Waals surface area (Å²) < 4.78 is 53.5. The molecule has 1 saturated heterocycles. The SMILES string of the molecule is C=CC(=O)NC(C)(C)C.CC(C)(C)N1CC1.CC(C)(C)OS(C)(=O)=O.CCCCOCC(COc1ccc(C(C)(C)c2ccc(OCC(CC)OC(=O)C[NH3+])cc2)cc1)OC(=O)CCl.N.[Cl-]. The lowest BCUT2D eigenvalue weighted by Crippen LogP contribution is -3.00. The van der Waals surface area contributed by atoms with Crippen molar-refractivity contribution < 1.29 is 68.8 Å². The molecule has 7 N–H and O–H groups in total. The van der Waals surface area contributed by atoms with Crippen LogP contribution in [0, 0.1) is 0 Å². The fraction of sp³-hybridized carbons (Fsp3) is 0.646. The molecule has 2 aromatic rings. The Morgan fingerprint density at radius 2 is 1.26 bits per heavy atom. The van der Waals surface area contributed by atoms with E-state index in [1.807, 2.05) is 76.2 Å². The van der Waals surface area contributed by atoms with Crippen molar-refractivity contribution in [2.24, 2.45) is 0 Å². The number of unbranched alkanes of at least 4 members (excludes halogenated alkanes) is 1. The van der Waals surface area contributed by atoms with Gasteiger partial charge < -0.3 is 53.3 Å². The number of amides is 1. The van der Waals surface area contributed by atoms with Gasteiger partial charge in [0.25, 0.3) is 10.1 Å². The highest BCUT2D eigenvalue weighted by atomic mass is 35.5. The number of hydrogen-bond donors (Lipinski definition) is 3. The van der Waals surface area contributed by atoms with Crippen molar-refractivity contribution in [3.63, 3.8) is 0 Å². The van der Waals surface area contributed by atoms with Crippen LogP contribution in [0.2, 0.25) is 0 Å². The molecular formula is C48H84Cl2N4O11S. The van der Waals surface area contributed by atoms with Gasteiger partial charge in [0, 0.05) is 36.2 Å². The first kappa shape index (κ1) is 66.8. The fourth-order valence-corrected chi connectivity index (χ4v) is 6.32. The van der Waals surface area contributed by atoms with E-state index in [1.54, 1.807) is 20.8 Å². The van der Waals surface area contributed by atoms with E-state index in [4.69, 9.17) is 35.3 Å². The minimum absolute atomic E-state index is 0. The number of halogens is 2. The maximum absolute atomic E-state index is 11.7. The van der Waals surface area contributed by atoms with E-state index in [0.29, 0.717) is 36.7 Å². The summed E-state index contributed by atoms with van der Waals surface area (Å²) in [6.45, 7) is 33.3. The smallest absolute Gasteiger partial charge is 0.361 e. The van der Waals surface area contributed by atoms with E-state index in [2.05, 4.69) is 68.3 Å². The van der Waals surface area contributed by atoms with E-state index in [9.17, 15) is 22.8 Å². The van der Waals surface area contributed by atoms with Crippen molar-refractivity contribution in [1.29, 1.82) is 0 Å². The summed E-state index contributed by atoms with van der Waals surface area (Å²) in [5, 5.41) is 2.71. The molecule has 66 heavy (non-hydrogen) atoms. The van der Waals surface area contributed by atoms with Crippen LogP contribution >= 0.6 is 11.6 Å². The molecule has 1 aliphatic heterocycles. The minimum Gasteiger partial charge on any atom is -1.00 e. The average molecular weight is 996 g/mol. The molecule has 0 saturated carbocycles. The van der Waals surface area contributed by atoms with Gasteiger partial charge in [-0.3, -0.25) is 18.7 Å². The number of ether oxygens (including phenoxy) is 5. The second-order valence-corrected chi connectivity index (χ2v) is 20.6. The standard InChI is InChI=1S/C30H42ClNO7.C7H13NO.C6H13N.C5H12O3S.ClH.H3N/c1-5-7-16-35-19-27(39-28(33)17-31)21-37-26-14-10-23(11-15-26)30(3,4)22-8-12-25(13-9-22)36-20-24(6-2)38-29(34)18-32;1-5-6(9)8-7(2,3)4;1-6(2,3)7-4-5-7;1-5(2,3)8-9(4,6)7;;/h8-15,24,27H,5-7,16-21,32H2,1-4H3;5H,1H2,2-4H3,(H,8,9);4-5H2,1-3H3;1-4H3;1H;1H3. The number of carbonyl (C=O) groups excluding carboxylic acids is 3. The van der Waals surface area contributed by atoms with Crippen LogP contribution in [0.3, 0.4) is 0 Å². The zero-order valence-corrected chi connectivity index (χ0v) is 44.7. The molecule has 382 valence electrons. The second-order valence-electron chi connectivity index (χ2n) is 18.7. The summed E-state index contributed by atoms with van der Waals surface area (Å²) in [5.41, 5.74) is 5.21. The fourth-order valence-electron chi connectivity index (χ4n) is 5.35. The summed E-state index contributed by atoms with van der Waals surface area (Å²) in [5.74, 6) is 0.218. The molecule has 0 spiro atoms. The van der Waals surface area contributed by atoms with Crippen LogP contribution in [-0.4, -0.2) is 118 Å². The maximum Gasteiger partial charge on any atom is 0.361 e. The van der Waals surface area contributed by atoms with E-state index < -0.39 is 27.8 Å². The Labute approximate surface area is 408 Å². The molecule has 1 aliphatic rings. The highest BCUT2D eigenvalue weighted by Crippen LogP contribution is 2.33. The molecule has 1 fully saturated rings. The van der Waals surface area contributed by atoms with Gasteiger partial charge in [0.2, 0.25) is 5.91 Å². The topological polar surface area (TPSA) is 218 Å². The average Bonchev–Trinajstić information content (AvgIpc) is 4.06. The molecule has 0 aliphatic carbocycles. The molecule has 2 aromatic carbocycles. The second kappa shape index (κ2) is 32.3. The molecule has 15 nitrogen and oxygen atoms in total. The number of rotatable bonds is 20. The predicted molar refractivity (Wildman–Crippen MR) is 260 cm³/mol. The summed E-state index contributed by atoms with van der Waals surface area (Å²) in [6.07, 6.45) is 4.11. The van der Waals surface area contributed by atoms with Gasteiger partial charge in [-0.25, -0.2) is 4.79 Å². The first-order chi connectivity index (χ1) is 29.5. The molecule has 0 aromatic heterocycles. The maximum atomic E-state index is 11.7. The quantitative estimate of drug-likeness (QED) is 0.0419. The van der Waals surface area contributed by atoms with E-state index in [1.165, 1.54) is 19.2 Å². The van der Waals surface area contributed by atoms with E-state index >= 15 is 0 Å². The minimum atomic E-state index is -3.28. The van der Waals surface area contributed by atoms with Gasteiger partial charge in [0.05, 0.1) is 18.5 Å². The van der Waals surface area contributed by atoms with E-state index in [-0.39, 0.29) is 73.1 Å². The monoisotopic (exact) mass is 995 g/mol. The number of hydrogen-bond acceptors (Lipinski definition) is 13. The molecular weight excluding hydrogens is 912 g/mol. The van der Waals surface area contributed by atoms with Crippen LogP contribution in [0.5, 0.6) is 11.5 Å². The van der Waals surface area contributed by atoms with Gasteiger partial charge in [-0.15, -0.1) is 11.6 Å².